The monoisotopic (exact) mass is 530 g/mol. The predicted octanol–water partition coefficient (Wildman–Crippen LogP) is 3.37. The number of amides is 2. The van der Waals surface area contributed by atoms with Crippen molar-refractivity contribution in [3.8, 4) is 0 Å². The summed E-state index contributed by atoms with van der Waals surface area (Å²) < 4.78 is 10.6. The molecule has 0 radical (unpaired) electrons. The quantitative estimate of drug-likeness (QED) is 0.552. The van der Waals surface area contributed by atoms with Gasteiger partial charge in [0.1, 0.15) is 17.4 Å². The maximum atomic E-state index is 12.1. The van der Waals surface area contributed by atoms with Gasteiger partial charge in [0, 0.05) is 41.3 Å². The molecule has 36 heavy (non-hydrogen) atoms. The Morgan fingerprint density at radius 2 is 1.33 bits per heavy atom. The van der Waals surface area contributed by atoms with Crippen LogP contribution < -0.4 is 16.0 Å². The zero-order valence-electron chi connectivity index (χ0n) is 19.7. The van der Waals surface area contributed by atoms with Gasteiger partial charge in [0.05, 0.1) is 32.1 Å². The third-order valence-electron chi connectivity index (χ3n) is 6.92. The predicted molar refractivity (Wildman–Crippen MR) is 137 cm³/mol. The first-order valence-corrected chi connectivity index (χ1v) is 12.8. The normalized spacial score (nSPS) is 24.1. The second-order valence-electron chi connectivity index (χ2n) is 9.38. The summed E-state index contributed by atoms with van der Waals surface area (Å²) in [5, 5.41) is 10.8. The Bertz CT molecular complexity index is 1140. The number of nitrogens with one attached hydrogen (secondary N) is 3. The van der Waals surface area contributed by atoms with Crippen LogP contribution in [0.1, 0.15) is 42.9 Å². The molecule has 0 bridgehead atoms. The van der Waals surface area contributed by atoms with Gasteiger partial charge in [0.2, 0.25) is 5.91 Å². The first kappa shape index (κ1) is 25.2. The number of benzene rings is 2. The number of aliphatic imine (C=N–C) groups is 1. The smallest absolute Gasteiger partial charge is 0.272 e. The van der Waals surface area contributed by atoms with Crippen molar-refractivity contribution in [3.63, 3.8) is 0 Å². The van der Waals surface area contributed by atoms with Gasteiger partial charge >= 0.3 is 0 Å². The average molecular weight is 531 g/mol. The fraction of sp³-hybridized carbons (Fsp3) is 0.423. The molecule has 8 nitrogen and oxygen atoms in total. The van der Waals surface area contributed by atoms with E-state index in [1.165, 1.54) is 0 Å². The van der Waals surface area contributed by atoms with Crippen molar-refractivity contribution >= 4 is 40.7 Å². The SMILES string of the molecule is O=C1NC2(CCOCC2)N=C1c1ccc(Cl)cc1.O=C1NC2(CCOCC2)NC1c1ccc(Cl)cc1. The molecule has 1 unspecified atom stereocenters. The molecular formula is C26H28Cl2N4O4. The Labute approximate surface area is 219 Å². The zero-order valence-corrected chi connectivity index (χ0v) is 21.2. The van der Waals surface area contributed by atoms with Crippen molar-refractivity contribution in [1.82, 2.24) is 16.0 Å². The number of nitrogens with zero attached hydrogens (tertiary/aromatic N) is 1. The summed E-state index contributed by atoms with van der Waals surface area (Å²) in [5.74, 6) is -0.0848. The minimum absolute atomic E-state index is 0.0271. The van der Waals surface area contributed by atoms with E-state index in [9.17, 15) is 9.59 Å². The molecule has 2 aromatic carbocycles. The lowest BCUT2D eigenvalue weighted by molar-refractivity contribution is -0.121. The summed E-state index contributed by atoms with van der Waals surface area (Å²) in [4.78, 5) is 28.7. The molecule has 3 saturated heterocycles. The molecule has 0 aliphatic carbocycles. The van der Waals surface area contributed by atoms with Crippen molar-refractivity contribution in [2.45, 2.75) is 43.1 Å². The van der Waals surface area contributed by atoms with Crippen LogP contribution in [0.15, 0.2) is 53.5 Å². The number of carbonyl (C=O) groups excluding carboxylic acids is 2. The van der Waals surface area contributed by atoms with Crippen LogP contribution in [-0.4, -0.2) is 55.3 Å². The van der Waals surface area contributed by atoms with Crippen LogP contribution in [0.5, 0.6) is 0 Å². The van der Waals surface area contributed by atoms with Crippen LogP contribution in [0.3, 0.4) is 0 Å². The molecule has 3 fully saturated rings. The van der Waals surface area contributed by atoms with E-state index in [0.29, 0.717) is 42.2 Å². The van der Waals surface area contributed by atoms with Gasteiger partial charge < -0.3 is 20.1 Å². The van der Waals surface area contributed by atoms with E-state index in [-0.39, 0.29) is 23.5 Å². The van der Waals surface area contributed by atoms with Gasteiger partial charge in [-0.05, 0) is 29.8 Å². The van der Waals surface area contributed by atoms with Crippen molar-refractivity contribution in [2.75, 3.05) is 26.4 Å². The lowest BCUT2D eigenvalue weighted by Crippen LogP contribution is -2.53. The van der Waals surface area contributed by atoms with Crippen LogP contribution >= 0.6 is 23.2 Å². The van der Waals surface area contributed by atoms with Gasteiger partial charge in [-0.3, -0.25) is 19.9 Å². The molecule has 1 atom stereocenters. The fourth-order valence-corrected chi connectivity index (χ4v) is 5.13. The van der Waals surface area contributed by atoms with E-state index in [0.717, 1.165) is 36.8 Å². The van der Waals surface area contributed by atoms with E-state index < -0.39 is 5.66 Å². The first-order valence-electron chi connectivity index (χ1n) is 12.1. The lowest BCUT2D eigenvalue weighted by Gasteiger charge is -2.33. The van der Waals surface area contributed by atoms with Crippen LogP contribution in [-0.2, 0) is 19.1 Å². The summed E-state index contributed by atoms with van der Waals surface area (Å²) in [6, 6.07) is 14.3. The summed E-state index contributed by atoms with van der Waals surface area (Å²) in [7, 11) is 0. The molecule has 10 heteroatoms. The van der Waals surface area contributed by atoms with Gasteiger partial charge in [0.25, 0.3) is 5.91 Å². The van der Waals surface area contributed by atoms with Gasteiger partial charge in [0.15, 0.2) is 0 Å². The minimum atomic E-state index is -0.454. The molecule has 4 aliphatic heterocycles. The molecule has 190 valence electrons. The number of rotatable bonds is 2. The molecule has 6 rings (SSSR count). The number of carbonyl (C=O) groups is 2. The molecule has 4 heterocycles. The third kappa shape index (κ3) is 5.43. The standard InChI is InChI=1S/C13H15ClN2O2.C13H13ClN2O2/c2*14-10-3-1-9(2-4-10)11-12(17)16-13(15-11)5-7-18-8-6-13/h1-4,11,15H,5-8H2,(H,16,17);1-4H,5-8H2,(H,16,17). The number of ether oxygens (including phenoxy) is 2. The first-order chi connectivity index (χ1) is 17.4. The zero-order chi connectivity index (χ0) is 25.2. The largest absolute Gasteiger partial charge is 0.381 e. The van der Waals surface area contributed by atoms with Crippen molar-refractivity contribution < 1.29 is 19.1 Å². The van der Waals surface area contributed by atoms with Crippen molar-refractivity contribution in [2.24, 2.45) is 4.99 Å². The lowest BCUT2D eigenvalue weighted by atomic mass is 10.0. The number of halogens is 2. The summed E-state index contributed by atoms with van der Waals surface area (Å²) in [5.41, 5.74) is 1.50. The molecular weight excluding hydrogens is 503 g/mol. The second-order valence-corrected chi connectivity index (χ2v) is 10.3. The number of hydrogen-bond donors (Lipinski definition) is 3. The van der Waals surface area contributed by atoms with E-state index >= 15 is 0 Å². The molecule has 2 spiro atoms. The van der Waals surface area contributed by atoms with E-state index in [1.54, 1.807) is 24.3 Å². The fourth-order valence-electron chi connectivity index (χ4n) is 4.88. The third-order valence-corrected chi connectivity index (χ3v) is 7.42. The van der Waals surface area contributed by atoms with Crippen LogP contribution in [0.2, 0.25) is 10.0 Å². The Morgan fingerprint density at radius 1 is 0.778 bits per heavy atom. The average Bonchev–Trinajstić information content (AvgIpc) is 3.37. The summed E-state index contributed by atoms with van der Waals surface area (Å²) in [6.07, 6.45) is 3.08. The summed E-state index contributed by atoms with van der Waals surface area (Å²) in [6.45, 7) is 2.64. The molecule has 4 aliphatic rings. The van der Waals surface area contributed by atoms with E-state index in [4.69, 9.17) is 32.7 Å². The Kier molecular flexibility index (Phi) is 7.32. The van der Waals surface area contributed by atoms with Crippen LogP contribution in [0.4, 0.5) is 0 Å². The van der Waals surface area contributed by atoms with Crippen LogP contribution in [0, 0.1) is 0 Å². The molecule has 0 saturated carbocycles. The highest BCUT2D eigenvalue weighted by Crippen LogP contribution is 2.30. The Morgan fingerprint density at radius 3 is 1.94 bits per heavy atom. The van der Waals surface area contributed by atoms with Crippen molar-refractivity contribution in [3.05, 3.63) is 69.7 Å². The molecule has 3 N–H and O–H groups in total. The van der Waals surface area contributed by atoms with Gasteiger partial charge in [-0.2, -0.15) is 0 Å². The second kappa shape index (κ2) is 10.5. The summed E-state index contributed by atoms with van der Waals surface area (Å²) >= 11 is 11.7. The van der Waals surface area contributed by atoms with E-state index in [1.807, 2.05) is 24.3 Å². The van der Waals surface area contributed by atoms with E-state index in [2.05, 4.69) is 20.9 Å². The number of hydrogen-bond acceptors (Lipinski definition) is 6. The van der Waals surface area contributed by atoms with Crippen LogP contribution in [0.25, 0.3) is 0 Å². The molecule has 2 amide bonds. The van der Waals surface area contributed by atoms with Gasteiger partial charge in [-0.15, -0.1) is 0 Å². The molecule has 2 aromatic rings. The highest BCUT2D eigenvalue weighted by atomic mass is 35.5. The Balaban J connectivity index is 0.000000148. The maximum absolute atomic E-state index is 12.1. The maximum Gasteiger partial charge on any atom is 0.272 e. The van der Waals surface area contributed by atoms with Gasteiger partial charge in [-0.1, -0.05) is 47.5 Å². The minimum Gasteiger partial charge on any atom is -0.381 e. The van der Waals surface area contributed by atoms with Gasteiger partial charge in [-0.25, -0.2) is 0 Å². The Hall–Kier alpha value is -2.49. The highest BCUT2D eigenvalue weighted by Gasteiger charge is 2.45. The topological polar surface area (TPSA) is 101 Å². The van der Waals surface area contributed by atoms with Crippen molar-refractivity contribution in [1.29, 1.82) is 0 Å². The molecule has 0 aromatic heterocycles. The highest BCUT2D eigenvalue weighted by molar-refractivity contribution is 6.47.